The van der Waals surface area contributed by atoms with E-state index in [0.29, 0.717) is 47.9 Å². The highest BCUT2D eigenvalue weighted by molar-refractivity contribution is 7.90. The predicted molar refractivity (Wildman–Crippen MR) is 101 cm³/mol. The second-order valence-corrected chi connectivity index (χ2v) is 8.68. The van der Waals surface area contributed by atoms with Crippen molar-refractivity contribution >= 4 is 27.6 Å². The highest BCUT2D eigenvalue weighted by Gasteiger charge is 2.50. The maximum Gasteiger partial charge on any atom is 0.511 e. The topological polar surface area (TPSA) is 86.7 Å². The fraction of sp³-hybridized carbons (Fsp3) is 0.625. The van der Waals surface area contributed by atoms with Crippen LogP contribution < -0.4 is 10.6 Å². The van der Waals surface area contributed by atoms with Gasteiger partial charge in [0.15, 0.2) is 5.96 Å². The molecule has 2 N–H and O–H groups in total. The number of nitrogens with one attached hydrogen (secondary N) is 2. The zero-order chi connectivity index (χ0) is 20.8. The van der Waals surface area contributed by atoms with Crippen molar-refractivity contribution in [2.24, 2.45) is 10.9 Å². The fourth-order valence-electron chi connectivity index (χ4n) is 2.75. The van der Waals surface area contributed by atoms with Gasteiger partial charge >= 0.3 is 15.5 Å². The molecule has 158 valence electrons. The molecule has 12 heteroatoms. The molecule has 0 spiro atoms. The number of hydrogen-bond donors (Lipinski definition) is 2. The molecule has 7 nitrogen and oxygen atoms in total. The van der Waals surface area contributed by atoms with Gasteiger partial charge in [0.1, 0.15) is 5.15 Å². The van der Waals surface area contributed by atoms with Crippen molar-refractivity contribution in [2.45, 2.75) is 31.8 Å². The molecule has 2 rings (SSSR count). The zero-order valence-electron chi connectivity index (χ0n) is 15.3. The molecule has 28 heavy (non-hydrogen) atoms. The summed E-state index contributed by atoms with van der Waals surface area (Å²) in [5, 5.41) is 6.65. The van der Waals surface area contributed by atoms with Crippen molar-refractivity contribution in [3.05, 3.63) is 29.0 Å². The molecule has 0 radical (unpaired) electrons. The largest absolute Gasteiger partial charge is 0.511 e. The average Bonchev–Trinajstić information content (AvgIpc) is 2.65. The molecule has 2 heterocycles. The lowest BCUT2D eigenvalue weighted by Crippen LogP contribution is -2.47. The number of sulfonamides is 1. The predicted octanol–water partition coefficient (Wildman–Crippen LogP) is 2.35. The van der Waals surface area contributed by atoms with E-state index in [2.05, 4.69) is 20.6 Å². The molecule has 0 aliphatic carbocycles. The molecule has 0 unspecified atom stereocenters. The number of pyridine rings is 1. The molecule has 0 saturated carbocycles. The first kappa shape index (κ1) is 22.7. The summed E-state index contributed by atoms with van der Waals surface area (Å²) < 4.78 is 61.3. The maximum atomic E-state index is 12.6. The third-order valence-corrected chi connectivity index (χ3v) is 6.17. The lowest BCUT2D eigenvalue weighted by Gasteiger charge is -2.31. The van der Waals surface area contributed by atoms with Gasteiger partial charge in [0, 0.05) is 32.4 Å². The van der Waals surface area contributed by atoms with Crippen LogP contribution in [0.4, 0.5) is 13.2 Å². The van der Waals surface area contributed by atoms with E-state index in [9.17, 15) is 21.6 Å². The van der Waals surface area contributed by atoms with Gasteiger partial charge in [-0.2, -0.15) is 17.5 Å². The van der Waals surface area contributed by atoms with Crippen LogP contribution in [0.1, 0.15) is 25.3 Å². The van der Waals surface area contributed by atoms with E-state index in [1.54, 1.807) is 12.3 Å². The number of hydrogen-bond acceptors (Lipinski definition) is 4. The zero-order valence-corrected chi connectivity index (χ0v) is 16.9. The normalized spacial score (nSPS) is 17.5. The number of nitrogens with zero attached hydrogens (tertiary/aromatic N) is 3. The summed E-state index contributed by atoms with van der Waals surface area (Å²) in [5.41, 5.74) is -4.37. The van der Waals surface area contributed by atoms with E-state index >= 15 is 0 Å². The summed E-state index contributed by atoms with van der Waals surface area (Å²) in [5.74, 6) is 0.628. The molecule has 1 aliphatic heterocycles. The number of aromatic nitrogens is 1. The van der Waals surface area contributed by atoms with Crippen LogP contribution in [0.3, 0.4) is 0 Å². The Morgan fingerprint density at radius 2 is 2.00 bits per heavy atom. The van der Waals surface area contributed by atoms with Crippen LogP contribution in [0.15, 0.2) is 23.3 Å². The maximum absolute atomic E-state index is 12.6. The lowest BCUT2D eigenvalue weighted by molar-refractivity contribution is -0.0496. The molecule has 1 fully saturated rings. The Labute approximate surface area is 167 Å². The van der Waals surface area contributed by atoms with Crippen LogP contribution in [0.5, 0.6) is 0 Å². The van der Waals surface area contributed by atoms with Crippen LogP contribution >= 0.6 is 11.6 Å². The van der Waals surface area contributed by atoms with E-state index in [4.69, 9.17) is 11.6 Å². The molecule has 1 aliphatic rings. The van der Waals surface area contributed by atoms with Crippen molar-refractivity contribution in [1.29, 1.82) is 0 Å². The monoisotopic (exact) mass is 441 g/mol. The molecular weight excluding hydrogens is 419 g/mol. The highest BCUT2D eigenvalue weighted by atomic mass is 35.5. The minimum Gasteiger partial charge on any atom is -0.357 e. The Morgan fingerprint density at radius 3 is 2.54 bits per heavy atom. The first-order chi connectivity index (χ1) is 13.1. The lowest BCUT2D eigenvalue weighted by atomic mass is 9.98. The van der Waals surface area contributed by atoms with Crippen molar-refractivity contribution in [3.8, 4) is 0 Å². The van der Waals surface area contributed by atoms with Gasteiger partial charge in [-0.1, -0.05) is 17.7 Å². The number of aliphatic imine (C=N–C) groups is 1. The van der Waals surface area contributed by atoms with Crippen molar-refractivity contribution in [1.82, 2.24) is 19.9 Å². The van der Waals surface area contributed by atoms with Crippen LogP contribution in [-0.2, 0) is 16.6 Å². The van der Waals surface area contributed by atoms with Crippen molar-refractivity contribution < 1.29 is 21.6 Å². The van der Waals surface area contributed by atoms with Gasteiger partial charge in [0.2, 0.25) is 0 Å². The van der Waals surface area contributed by atoms with Gasteiger partial charge in [0.25, 0.3) is 0 Å². The summed E-state index contributed by atoms with van der Waals surface area (Å²) in [6.45, 7) is 3.16. The average molecular weight is 442 g/mol. The summed E-state index contributed by atoms with van der Waals surface area (Å²) in [6.07, 6.45) is 2.33. The minimum atomic E-state index is -5.25. The fourth-order valence-corrected chi connectivity index (χ4v) is 3.85. The molecule has 0 aromatic carbocycles. The number of rotatable bonds is 6. The van der Waals surface area contributed by atoms with Crippen LogP contribution in [0.2, 0.25) is 5.15 Å². The van der Waals surface area contributed by atoms with E-state index in [1.165, 1.54) is 0 Å². The van der Waals surface area contributed by atoms with E-state index in [1.807, 2.05) is 13.0 Å². The Bertz CT molecular complexity index is 763. The molecule has 1 saturated heterocycles. The van der Waals surface area contributed by atoms with E-state index < -0.39 is 15.5 Å². The number of alkyl halides is 3. The second kappa shape index (κ2) is 9.75. The Morgan fingerprint density at radius 1 is 1.32 bits per heavy atom. The summed E-state index contributed by atoms with van der Waals surface area (Å²) >= 11 is 5.75. The molecule has 0 atom stereocenters. The van der Waals surface area contributed by atoms with Crippen LogP contribution in [0.25, 0.3) is 0 Å². The Balaban J connectivity index is 1.86. The third kappa shape index (κ3) is 6.21. The Kier molecular flexibility index (Phi) is 7.90. The molecule has 1 aromatic rings. The van der Waals surface area contributed by atoms with Gasteiger partial charge in [-0.15, -0.1) is 0 Å². The van der Waals surface area contributed by atoms with E-state index in [-0.39, 0.29) is 19.0 Å². The third-order valence-electron chi connectivity index (χ3n) is 4.32. The van der Waals surface area contributed by atoms with Crippen molar-refractivity contribution in [3.63, 3.8) is 0 Å². The molecule has 1 aromatic heterocycles. The van der Waals surface area contributed by atoms with Crippen LogP contribution in [0, 0.1) is 5.92 Å². The molecule has 0 amide bonds. The second-order valence-electron chi connectivity index (χ2n) is 6.36. The van der Waals surface area contributed by atoms with E-state index in [0.717, 1.165) is 5.56 Å². The highest BCUT2D eigenvalue weighted by Crippen LogP contribution is 2.30. The minimum absolute atomic E-state index is 0.0562. The van der Waals surface area contributed by atoms with Gasteiger partial charge in [-0.25, -0.2) is 18.4 Å². The first-order valence-corrected chi connectivity index (χ1v) is 10.6. The standard InChI is InChI=1S/C16H23ClF3N5O2S/c1-2-21-15(24-11-13-3-4-14(17)22-10-13)23-9-12-5-7-25(8-6-12)28(26,27)16(18,19)20/h3-4,10,12H,2,5-9,11H2,1H3,(H2,21,23,24). The first-order valence-electron chi connectivity index (χ1n) is 8.82. The Hall–Kier alpha value is -1.59. The van der Waals surface area contributed by atoms with Gasteiger partial charge < -0.3 is 10.6 Å². The summed E-state index contributed by atoms with van der Waals surface area (Å²) in [7, 11) is -5.24. The molecule has 0 bridgehead atoms. The number of piperidine rings is 1. The smallest absolute Gasteiger partial charge is 0.357 e. The van der Waals surface area contributed by atoms with Gasteiger partial charge in [-0.3, -0.25) is 0 Å². The van der Waals surface area contributed by atoms with Gasteiger partial charge in [0.05, 0.1) is 6.54 Å². The van der Waals surface area contributed by atoms with Crippen LogP contribution in [-0.4, -0.2) is 55.4 Å². The van der Waals surface area contributed by atoms with Gasteiger partial charge in [-0.05, 0) is 37.3 Å². The SMILES string of the molecule is CCNC(=NCc1ccc(Cl)nc1)NCC1CCN(S(=O)(=O)C(F)(F)F)CC1. The summed E-state index contributed by atoms with van der Waals surface area (Å²) in [4.78, 5) is 8.43. The summed E-state index contributed by atoms with van der Waals surface area (Å²) in [6, 6.07) is 3.49. The number of halogens is 4. The number of guanidine groups is 1. The quantitative estimate of drug-likeness (QED) is 0.402. The molecular formula is C16H23ClF3N5O2S. The van der Waals surface area contributed by atoms with Crippen molar-refractivity contribution in [2.75, 3.05) is 26.2 Å².